The van der Waals surface area contributed by atoms with Crippen LogP contribution in [0.4, 0.5) is 0 Å². The molecule has 0 aromatic heterocycles. The van der Waals surface area contributed by atoms with Gasteiger partial charge in [-0.15, -0.1) is 0 Å². The van der Waals surface area contributed by atoms with Gasteiger partial charge in [0.15, 0.2) is 0 Å². The Bertz CT molecular complexity index is 79.8. The van der Waals surface area contributed by atoms with Crippen molar-refractivity contribution >= 4 is 12.7 Å². The Hall–Kier alpha value is -0.860. The predicted molar refractivity (Wildman–Crippen MR) is 26.4 cm³/mol. The van der Waals surface area contributed by atoms with Crippen LogP contribution >= 0.6 is 0 Å². The van der Waals surface area contributed by atoms with Gasteiger partial charge >= 0.3 is 5.97 Å². The lowest BCUT2D eigenvalue weighted by molar-refractivity contribution is -0.138. The van der Waals surface area contributed by atoms with E-state index in [1.165, 1.54) is 7.11 Å². The number of methoxy groups -OCH3 is 1. The fourth-order valence-corrected chi connectivity index (χ4v) is 0.156. The van der Waals surface area contributed by atoms with E-state index in [4.69, 9.17) is 0 Å². The Labute approximate surface area is 42.0 Å². The summed E-state index contributed by atoms with van der Waals surface area (Å²) < 4.78 is 4.22. The van der Waals surface area contributed by atoms with E-state index in [0.29, 0.717) is 0 Å². The van der Waals surface area contributed by atoms with Crippen LogP contribution in [0.2, 0.25) is 0 Å². The molecule has 7 heavy (non-hydrogen) atoms. The van der Waals surface area contributed by atoms with E-state index in [2.05, 4.69) is 16.4 Å². The van der Waals surface area contributed by atoms with Gasteiger partial charge in [0.2, 0.25) is 0 Å². The van der Waals surface area contributed by atoms with Crippen molar-refractivity contribution in [3.05, 3.63) is 0 Å². The number of aliphatic imine (C=N–C) groups is 1. The highest BCUT2D eigenvalue weighted by Crippen LogP contribution is 1.70. The van der Waals surface area contributed by atoms with Crippen LogP contribution in [0.5, 0.6) is 0 Å². The van der Waals surface area contributed by atoms with E-state index < -0.39 is 0 Å². The van der Waals surface area contributed by atoms with Gasteiger partial charge in [0, 0.05) is 0 Å². The average molecular weight is 101 g/mol. The predicted octanol–water partition coefficient (Wildman–Crippen LogP) is -0.140. The van der Waals surface area contributed by atoms with E-state index in [1.807, 2.05) is 0 Å². The Morgan fingerprint density at radius 3 is 2.71 bits per heavy atom. The molecule has 0 aromatic carbocycles. The first-order valence-electron chi connectivity index (χ1n) is 1.80. The smallest absolute Gasteiger partial charge is 0.327 e. The van der Waals surface area contributed by atoms with Crippen LogP contribution in [0.15, 0.2) is 4.99 Å². The van der Waals surface area contributed by atoms with Gasteiger partial charge in [-0.3, -0.25) is 9.79 Å². The molecule has 0 rings (SSSR count). The molecule has 3 nitrogen and oxygen atoms in total. The highest BCUT2D eigenvalue weighted by Gasteiger charge is 1.91. The second-order valence-electron chi connectivity index (χ2n) is 0.958. The first-order chi connectivity index (χ1) is 3.31. The molecule has 0 aliphatic rings. The zero-order valence-electron chi connectivity index (χ0n) is 4.18. The molecule has 0 heterocycles. The summed E-state index contributed by atoms with van der Waals surface area (Å²) in [6.07, 6.45) is 0. The molecular formula is C4H7NO2. The van der Waals surface area contributed by atoms with Crippen molar-refractivity contribution in [3.63, 3.8) is 0 Å². The van der Waals surface area contributed by atoms with Crippen LogP contribution in [0, 0.1) is 0 Å². The van der Waals surface area contributed by atoms with E-state index >= 15 is 0 Å². The van der Waals surface area contributed by atoms with Gasteiger partial charge in [0.25, 0.3) is 0 Å². The summed E-state index contributed by atoms with van der Waals surface area (Å²) in [5, 5.41) is 0. The Morgan fingerprint density at radius 1 is 2.00 bits per heavy atom. The number of ether oxygens (including phenoxy) is 1. The van der Waals surface area contributed by atoms with Crippen LogP contribution in [-0.2, 0) is 9.53 Å². The summed E-state index contributed by atoms with van der Waals surface area (Å²) in [6, 6.07) is 0. The summed E-state index contributed by atoms with van der Waals surface area (Å²) in [5.41, 5.74) is 0. The molecule has 0 aliphatic carbocycles. The Morgan fingerprint density at radius 2 is 2.57 bits per heavy atom. The highest BCUT2D eigenvalue weighted by molar-refractivity contribution is 5.72. The van der Waals surface area contributed by atoms with E-state index in [9.17, 15) is 4.79 Å². The number of carbonyl (C=O) groups is 1. The lowest BCUT2D eigenvalue weighted by Crippen LogP contribution is -2.02. The van der Waals surface area contributed by atoms with E-state index in [-0.39, 0.29) is 12.5 Å². The van der Waals surface area contributed by atoms with Crippen molar-refractivity contribution in [2.24, 2.45) is 4.99 Å². The van der Waals surface area contributed by atoms with Gasteiger partial charge in [0.05, 0.1) is 7.11 Å². The molecule has 0 saturated heterocycles. The van der Waals surface area contributed by atoms with Crippen LogP contribution in [0.25, 0.3) is 0 Å². The van der Waals surface area contributed by atoms with Gasteiger partial charge in [0.1, 0.15) is 6.54 Å². The monoisotopic (exact) mass is 101 g/mol. The Balaban J connectivity index is 3.17. The lowest BCUT2D eigenvalue weighted by atomic mass is 10.7. The Kier molecular flexibility index (Phi) is 2.92. The van der Waals surface area contributed by atoms with Crippen molar-refractivity contribution in [2.75, 3.05) is 13.7 Å². The topological polar surface area (TPSA) is 38.7 Å². The quantitative estimate of drug-likeness (QED) is 0.358. The zero-order chi connectivity index (χ0) is 5.70. The summed E-state index contributed by atoms with van der Waals surface area (Å²) in [4.78, 5) is 13.3. The average Bonchev–Trinajstić information content (AvgIpc) is 1.68. The first-order valence-corrected chi connectivity index (χ1v) is 1.80. The summed E-state index contributed by atoms with van der Waals surface area (Å²) >= 11 is 0. The fourth-order valence-electron chi connectivity index (χ4n) is 0.156. The van der Waals surface area contributed by atoms with Crippen molar-refractivity contribution in [2.45, 2.75) is 0 Å². The van der Waals surface area contributed by atoms with Gasteiger partial charge in [-0.05, 0) is 6.72 Å². The summed E-state index contributed by atoms with van der Waals surface area (Å²) in [5.74, 6) is -0.352. The highest BCUT2D eigenvalue weighted by atomic mass is 16.5. The maximum absolute atomic E-state index is 10.1. The second kappa shape index (κ2) is 3.33. The van der Waals surface area contributed by atoms with Crippen LogP contribution in [0.3, 0.4) is 0 Å². The molecule has 0 atom stereocenters. The van der Waals surface area contributed by atoms with E-state index in [1.54, 1.807) is 0 Å². The molecular weight excluding hydrogens is 94.0 g/mol. The van der Waals surface area contributed by atoms with Gasteiger partial charge in [-0.1, -0.05) is 0 Å². The number of esters is 1. The number of nitrogens with zero attached hydrogens (tertiary/aromatic N) is 1. The van der Waals surface area contributed by atoms with Crippen LogP contribution < -0.4 is 0 Å². The molecule has 0 unspecified atom stereocenters. The number of hydrogen-bond acceptors (Lipinski definition) is 3. The summed E-state index contributed by atoms with van der Waals surface area (Å²) in [7, 11) is 1.31. The zero-order valence-corrected chi connectivity index (χ0v) is 4.18. The molecule has 0 bridgehead atoms. The molecule has 0 saturated carbocycles. The van der Waals surface area contributed by atoms with Crippen molar-refractivity contribution < 1.29 is 9.53 Å². The molecule has 0 fully saturated rings. The SMILES string of the molecule is C=NCC(=O)OC. The molecule has 0 amide bonds. The van der Waals surface area contributed by atoms with Gasteiger partial charge in [-0.25, -0.2) is 0 Å². The van der Waals surface area contributed by atoms with Crippen molar-refractivity contribution in [1.82, 2.24) is 0 Å². The maximum atomic E-state index is 10.1. The van der Waals surface area contributed by atoms with Crippen LogP contribution in [-0.4, -0.2) is 26.3 Å². The number of carbonyl (C=O) groups excluding carboxylic acids is 1. The minimum Gasteiger partial charge on any atom is -0.468 e. The molecule has 0 N–H and O–H groups in total. The van der Waals surface area contributed by atoms with Crippen LogP contribution in [0.1, 0.15) is 0 Å². The first kappa shape index (κ1) is 6.14. The van der Waals surface area contributed by atoms with E-state index in [0.717, 1.165) is 0 Å². The third-order valence-electron chi connectivity index (χ3n) is 0.469. The standard InChI is InChI=1S/C4H7NO2/c1-5-3-4(6)7-2/h1,3H2,2H3. The third kappa shape index (κ3) is 2.96. The minimum atomic E-state index is -0.352. The lowest BCUT2D eigenvalue weighted by Gasteiger charge is -1.88. The number of hydrogen-bond donors (Lipinski definition) is 0. The normalized spacial score (nSPS) is 7.57. The molecule has 40 valence electrons. The second-order valence-corrected chi connectivity index (χ2v) is 0.958. The molecule has 0 radical (unpaired) electrons. The maximum Gasteiger partial charge on any atom is 0.327 e. The fraction of sp³-hybridized carbons (Fsp3) is 0.500. The third-order valence-corrected chi connectivity index (χ3v) is 0.469. The molecule has 0 aromatic rings. The largest absolute Gasteiger partial charge is 0.468 e. The van der Waals surface area contributed by atoms with Gasteiger partial charge < -0.3 is 4.74 Å². The van der Waals surface area contributed by atoms with Gasteiger partial charge in [-0.2, -0.15) is 0 Å². The number of rotatable bonds is 2. The van der Waals surface area contributed by atoms with Crippen molar-refractivity contribution in [3.8, 4) is 0 Å². The molecule has 3 heteroatoms. The molecule has 0 spiro atoms. The summed E-state index contributed by atoms with van der Waals surface area (Å²) in [6.45, 7) is 3.15. The molecule has 0 aliphatic heterocycles. The van der Waals surface area contributed by atoms with Crippen molar-refractivity contribution in [1.29, 1.82) is 0 Å². The minimum absolute atomic E-state index is 0.0521.